The predicted molar refractivity (Wildman–Crippen MR) is 96.8 cm³/mol. The maximum absolute atomic E-state index is 4.60. The molecule has 118 valence electrons. The van der Waals surface area contributed by atoms with Crippen LogP contribution in [0.2, 0.25) is 0 Å². The highest BCUT2D eigenvalue weighted by atomic mass is 15.3. The Balaban J connectivity index is 1.56. The minimum Gasteiger partial charge on any atom is -0.256 e. The number of hydrogen-bond acceptors (Lipinski definition) is 5. The van der Waals surface area contributed by atoms with E-state index in [1.54, 1.807) is 16.9 Å². The van der Waals surface area contributed by atoms with Gasteiger partial charge in [0.15, 0.2) is 11.5 Å². The molecule has 0 bridgehead atoms. The predicted octanol–water partition coefficient (Wildman–Crippen LogP) is 3.39. The highest BCUT2D eigenvalue weighted by molar-refractivity contribution is 5.91. The van der Waals surface area contributed by atoms with E-state index in [2.05, 4.69) is 25.0 Å². The molecule has 25 heavy (non-hydrogen) atoms. The number of pyridine rings is 4. The van der Waals surface area contributed by atoms with Crippen LogP contribution in [0.3, 0.4) is 0 Å². The number of hydrogen-bond donors (Lipinski definition) is 0. The third kappa shape index (κ3) is 2.40. The van der Waals surface area contributed by atoms with Crippen LogP contribution >= 0.6 is 0 Å². The van der Waals surface area contributed by atoms with Gasteiger partial charge in [0.25, 0.3) is 0 Å². The van der Waals surface area contributed by atoms with Crippen molar-refractivity contribution in [1.82, 2.24) is 29.5 Å². The van der Waals surface area contributed by atoms with Gasteiger partial charge < -0.3 is 0 Å². The summed E-state index contributed by atoms with van der Waals surface area (Å²) < 4.78 is 1.77. The van der Waals surface area contributed by atoms with Gasteiger partial charge >= 0.3 is 0 Å². The number of fused-ring (bicyclic) bond motifs is 4. The molecule has 0 aliphatic rings. The van der Waals surface area contributed by atoms with Crippen LogP contribution in [-0.4, -0.2) is 29.5 Å². The van der Waals surface area contributed by atoms with Crippen molar-refractivity contribution in [2.24, 2.45) is 0 Å². The average molecular weight is 324 g/mol. The van der Waals surface area contributed by atoms with Crippen LogP contribution in [0.1, 0.15) is 11.5 Å². The lowest BCUT2D eigenvalue weighted by molar-refractivity contribution is 0.958. The highest BCUT2D eigenvalue weighted by Crippen LogP contribution is 2.17. The van der Waals surface area contributed by atoms with E-state index in [1.165, 1.54) is 0 Å². The monoisotopic (exact) mass is 324 g/mol. The van der Waals surface area contributed by atoms with Crippen LogP contribution < -0.4 is 0 Å². The van der Waals surface area contributed by atoms with E-state index < -0.39 is 0 Å². The Morgan fingerprint density at radius 3 is 2.60 bits per heavy atom. The summed E-state index contributed by atoms with van der Waals surface area (Å²) in [5.41, 5.74) is 4.28. The van der Waals surface area contributed by atoms with Crippen LogP contribution in [0.4, 0.5) is 0 Å². The summed E-state index contributed by atoms with van der Waals surface area (Å²) >= 11 is 0. The minimum atomic E-state index is 0.629. The van der Waals surface area contributed by atoms with Gasteiger partial charge in [-0.1, -0.05) is 0 Å². The minimum absolute atomic E-state index is 0.629. The van der Waals surface area contributed by atoms with Gasteiger partial charge in [0, 0.05) is 24.0 Å². The van der Waals surface area contributed by atoms with Gasteiger partial charge in [0.2, 0.25) is 0 Å². The molecule has 6 nitrogen and oxygen atoms in total. The first kappa shape index (κ1) is 13.7. The summed E-state index contributed by atoms with van der Waals surface area (Å²) in [6.07, 6.45) is 9.17. The largest absolute Gasteiger partial charge is 0.256 e. The van der Waals surface area contributed by atoms with E-state index in [1.807, 2.05) is 60.8 Å². The second kappa shape index (κ2) is 5.45. The zero-order valence-electron chi connectivity index (χ0n) is 13.1. The van der Waals surface area contributed by atoms with Gasteiger partial charge in [-0.25, -0.2) is 14.5 Å². The molecule has 0 atom stereocenters. The molecule has 0 aliphatic carbocycles. The van der Waals surface area contributed by atoms with Gasteiger partial charge in [0.1, 0.15) is 0 Å². The first-order valence-electron chi connectivity index (χ1n) is 7.87. The molecule has 0 aliphatic heterocycles. The molecule has 5 aromatic heterocycles. The summed E-state index contributed by atoms with van der Waals surface area (Å²) in [5, 5.41) is 5.47. The Hall–Kier alpha value is -3.67. The lowest BCUT2D eigenvalue weighted by Crippen LogP contribution is -1.88. The lowest BCUT2D eigenvalue weighted by Gasteiger charge is -1.96. The Morgan fingerprint density at radius 1 is 0.760 bits per heavy atom. The highest BCUT2D eigenvalue weighted by Gasteiger charge is 2.06. The molecule has 0 aromatic carbocycles. The van der Waals surface area contributed by atoms with Crippen molar-refractivity contribution in [3.8, 4) is 0 Å². The SMILES string of the molecule is C(=Cc1nc2c3cccnc3ccn2n1)c1ccc2ncccc2n1. The maximum Gasteiger partial charge on any atom is 0.175 e. The van der Waals surface area contributed by atoms with Crippen LogP contribution in [0.5, 0.6) is 0 Å². The first-order valence-corrected chi connectivity index (χ1v) is 7.87. The molecule has 0 saturated heterocycles. The molecular formula is C19H12N6. The average Bonchev–Trinajstić information content (AvgIpc) is 3.10. The van der Waals surface area contributed by atoms with Crippen LogP contribution in [0.15, 0.2) is 61.1 Å². The summed E-state index contributed by atoms with van der Waals surface area (Å²) in [6, 6.07) is 13.5. The van der Waals surface area contributed by atoms with Crippen molar-refractivity contribution in [2.45, 2.75) is 0 Å². The van der Waals surface area contributed by atoms with E-state index >= 15 is 0 Å². The molecule has 6 heteroatoms. The van der Waals surface area contributed by atoms with Crippen LogP contribution in [0, 0.1) is 0 Å². The van der Waals surface area contributed by atoms with Crippen LogP contribution in [0.25, 0.3) is 39.7 Å². The van der Waals surface area contributed by atoms with Crippen molar-refractivity contribution >= 4 is 39.7 Å². The molecular weight excluding hydrogens is 312 g/mol. The van der Waals surface area contributed by atoms with Crippen molar-refractivity contribution in [2.75, 3.05) is 0 Å². The van der Waals surface area contributed by atoms with Crippen molar-refractivity contribution in [3.63, 3.8) is 0 Å². The molecule has 0 unspecified atom stereocenters. The Morgan fingerprint density at radius 2 is 1.64 bits per heavy atom. The van der Waals surface area contributed by atoms with E-state index in [4.69, 9.17) is 0 Å². The molecule has 0 amide bonds. The lowest BCUT2D eigenvalue weighted by atomic mass is 10.2. The van der Waals surface area contributed by atoms with Gasteiger partial charge in [0.05, 0.1) is 22.2 Å². The molecule has 0 radical (unpaired) electrons. The second-order valence-electron chi connectivity index (χ2n) is 5.60. The molecule has 5 rings (SSSR count). The fourth-order valence-electron chi connectivity index (χ4n) is 2.80. The fourth-order valence-corrected chi connectivity index (χ4v) is 2.80. The zero-order valence-corrected chi connectivity index (χ0v) is 13.1. The number of nitrogens with zero attached hydrogens (tertiary/aromatic N) is 6. The van der Waals surface area contributed by atoms with E-state index in [0.29, 0.717) is 5.82 Å². The van der Waals surface area contributed by atoms with E-state index in [-0.39, 0.29) is 0 Å². The maximum atomic E-state index is 4.60. The molecule has 5 aromatic rings. The molecule has 0 spiro atoms. The molecule has 0 N–H and O–H groups in total. The van der Waals surface area contributed by atoms with Gasteiger partial charge in [-0.3, -0.25) is 9.97 Å². The van der Waals surface area contributed by atoms with Gasteiger partial charge in [-0.2, -0.15) is 0 Å². The van der Waals surface area contributed by atoms with Crippen molar-refractivity contribution in [1.29, 1.82) is 0 Å². The Bertz CT molecular complexity index is 1250. The zero-order chi connectivity index (χ0) is 16.6. The Labute approximate surface area is 142 Å². The van der Waals surface area contributed by atoms with E-state index in [9.17, 15) is 0 Å². The second-order valence-corrected chi connectivity index (χ2v) is 5.60. The fraction of sp³-hybridized carbons (Fsp3) is 0. The topological polar surface area (TPSA) is 68.9 Å². The van der Waals surface area contributed by atoms with Crippen molar-refractivity contribution in [3.05, 3.63) is 72.6 Å². The normalized spacial score (nSPS) is 11.8. The molecule has 5 heterocycles. The van der Waals surface area contributed by atoms with Crippen molar-refractivity contribution < 1.29 is 0 Å². The summed E-state index contributed by atoms with van der Waals surface area (Å²) in [7, 11) is 0. The number of aromatic nitrogens is 6. The number of rotatable bonds is 2. The first-order chi connectivity index (χ1) is 12.4. The van der Waals surface area contributed by atoms with Crippen LogP contribution in [-0.2, 0) is 0 Å². The smallest absolute Gasteiger partial charge is 0.175 e. The molecule has 0 fully saturated rings. The van der Waals surface area contributed by atoms with E-state index in [0.717, 1.165) is 33.3 Å². The third-order valence-corrected chi connectivity index (χ3v) is 3.98. The third-order valence-electron chi connectivity index (χ3n) is 3.98. The molecule has 0 saturated carbocycles. The van der Waals surface area contributed by atoms with Gasteiger partial charge in [-0.15, -0.1) is 5.10 Å². The quantitative estimate of drug-likeness (QED) is 0.498. The Kier molecular flexibility index (Phi) is 3.00. The van der Waals surface area contributed by atoms with Gasteiger partial charge in [-0.05, 0) is 54.6 Å². The summed E-state index contributed by atoms with van der Waals surface area (Å²) in [5.74, 6) is 0.629. The summed E-state index contributed by atoms with van der Waals surface area (Å²) in [6.45, 7) is 0. The standard InChI is InChI=1S/C19H12N6/c1-3-14-15(20-10-1)9-12-25-19(14)23-18(24-25)8-6-13-5-7-16-17(22-13)4-2-11-21-16/h1-12H. The summed E-state index contributed by atoms with van der Waals surface area (Å²) in [4.78, 5) is 17.8.